The highest BCUT2D eigenvalue weighted by Gasteiger charge is 2.12. The van der Waals surface area contributed by atoms with E-state index in [1.165, 1.54) is 0 Å². The van der Waals surface area contributed by atoms with Gasteiger partial charge in [0.15, 0.2) is 11.5 Å². The molecule has 2 aromatic heterocycles. The number of benzene rings is 1. The molecule has 0 fully saturated rings. The van der Waals surface area contributed by atoms with E-state index >= 15 is 0 Å². The molecule has 0 aliphatic rings. The number of anilines is 2. The van der Waals surface area contributed by atoms with Gasteiger partial charge in [-0.1, -0.05) is 35.5 Å². The number of hydrogen-bond acceptors (Lipinski definition) is 6. The summed E-state index contributed by atoms with van der Waals surface area (Å²) in [5.41, 5.74) is 1.34. The fourth-order valence-electron chi connectivity index (χ4n) is 2.18. The summed E-state index contributed by atoms with van der Waals surface area (Å²) in [6.45, 7) is 3.78. The van der Waals surface area contributed by atoms with Crippen LogP contribution in [-0.4, -0.2) is 21.3 Å². The molecule has 1 unspecified atom stereocenters. The number of nitrogens with one attached hydrogen (secondary N) is 2. The molecule has 1 atom stereocenters. The van der Waals surface area contributed by atoms with E-state index in [9.17, 15) is 4.79 Å². The molecule has 1 aromatic carbocycles. The molecule has 3 rings (SSSR count). The molecule has 3 aromatic rings. The summed E-state index contributed by atoms with van der Waals surface area (Å²) >= 11 is 0. The standard InChI is InChI=1S/C17H17N5O2/c1-11-10-16(22-24-11)19-17(23)14-8-9-15(21-20-14)18-12(2)13-6-4-3-5-7-13/h3-10,12H,1-2H3,(H,18,21)(H,19,22,23). The van der Waals surface area contributed by atoms with Gasteiger partial charge in [0.2, 0.25) is 0 Å². The van der Waals surface area contributed by atoms with E-state index in [0.717, 1.165) is 5.56 Å². The van der Waals surface area contributed by atoms with Crippen molar-refractivity contribution < 1.29 is 9.32 Å². The third kappa shape index (κ3) is 3.75. The van der Waals surface area contributed by atoms with Crippen LogP contribution in [0, 0.1) is 6.92 Å². The number of aromatic nitrogens is 3. The van der Waals surface area contributed by atoms with E-state index in [1.807, 2.05) is 37.3 Å². The molecule has 0 aliphatic carbocycles. The average Bonchev–Trinajstić information content (AvgIpc) is 3.01. The van der Waals surface area contributed by atoms with Gasteiger partial charge in [0, 0.05) is 12.1 Å². The van der Waals surface area contributed by atoms with Crippen molar-refractivity contribution in [3.05, 3.63) is 65.5 Å². The van der Waals surface area contributed by atoms with Crippen LogP contribution in [0.1, 0.15) is 34.8 Å². The Kier molecular flexibility index (Phi) is 4.51. The van der Waals surface area contributed by atoms with Crippen LogP contribution < -0.4 is 10.6 Å². The van der Waals surface area contributed by atoms with E-state index in [4.69, 9.17) is 4.52 Å². The van der Waals surface area contributed by atoms with Gasteiger partial charge in [-0.05, 0) is 31.5 Å². The highest BCUT2D eigenvalue weighted by molar-refractivity contribution is 6.02. The number of aryl methyl sites for hydroxylation is 1. The minimum atomic E-state index is -0.390. The number of amides is 1. The first-order valence-electron chi connectivity index (χ1n) is 7.52. The van der Waals surface area contributed by atoms with Gasteiger partial charge in [-0.15, -0.1) is 10.2 Å². The van der Waals surface area contributed by atoms with Crippen molar-refractivity contribution in [3.8, 4) is 0 Å². The highest BCUT2D eigenvalue weighted by atomic mass is 16.5. The largest absolute Gasteiger partial charge is 0.362 e. The van der Waals surface area contributed by atoms with Crippen molar-refractivity contribution in [1.82, 2.24) is 15.4 Å². The molecule has 0 saturated heterocycles. The lowest BCUT2D eigenvalue weighted by atomic mass is 10.1. The zero-order valence-electron chi connectivity index (χ0n) is 13.4. The van der Waals surface area contributed by atoms with Crippen LogP contribution in [0.3, 0.4) is 0 Å². The smallest absolute Gasteiger partial charge is 0.277 e. The van der Waals surface area contributed by atoms with Crippen molar-refractivity contribution in [2.75, 3.05) is 10.6 Å². The molecule has 122 valence electrons. The summed E-state index contributed by atoms with van der Waals surface area (Å²) in [5.74, 6) is 1.17. The van der Waals surface area contributed by atoms with Crippen LogP contribution >= 0.6 is 0 Å². The molecule has 1 amide bonds. The minimum absolute atomic E-state index is 0.0817. The van der Waals surface area contributed by atoms with Gasteiger partial charge >= 0.3 is 0 Å². The Morgan fingerprint density at radius 3 is 2.50 bits per heavy atom. The maximum Gasteiger partial charge on any atom is 0.277 e. The molecule has 0 spiro atoms. The Hall–Kier alpha value is -3.22. The summed E-state index contributed by atoms with van der Waals surface area (Å²) in [7, 11) is 0. The monoisotopic (exact) mass is 323 g/mol. The van der Waals surface area contributed by atoms with Crippen molar-refractivity contribution in [1.29, 1.82) is 0 Å². The van der Waals surface area contributed by atoms with Crippen LogP contribution in [0.2, 0.25) is 0 Å². The second-order valence-electron chi connectivity index (χ2n) is 5.36. The summed E-state index contributed by atoms with van der Waals surface area (Å²) in [5, 5.41) is 17.5. The maximum atomic E-state index is 12.1. The lowest BCUT2D eigenvalue weighted by Crippen LogP contribution is -2.15. The fourth-order valence-corrected chi connectivity index (χ4v) is 2.18. The topological polar surface area (TPSA) is 92.9 Å². The van der Waals surface area contributed by atoms with Gasteiger partial charge in [0.1, 0.15) is 11.6 Å². The molecule has 7 nitrogen and oxygen atoms in total. The second-order valence-corrected chi connectivity index (χ2v) is 5.36. The first-order valence-corrected chi connectivity index (χ1v) is 7.52. The van der Waals surface area contributed by atoms with Gasteiger partial charge in [-0.3, -0.25) is 4.79 Å². The molecule has 24 heavy (non-hydrogen) atoms. The Bertz CT molecular complexity index is 815. The average molecular weight is 323 g/mol. The normalized spacial score (nSPS) is 11.8. The van der Waals surface area contributed by atoms with Gasteiger partial charge in [0.25, 0.3) is 5.91 Å². The number of carbonyl (C=O) groups is 1. The van der Waals surface area contributed by atoms with Gasteiger partial charge in [-0.2, -0.15) is 0 Å². The third-order valence-corrected chi connectivity index (χ3v) is 3.43. The van der Waals surface area contributed by atoms with E-state index in [-0.39, 0.29) is 11.7 Å². The Balaban J connectivity index is 1.63. The van der Waals surface area contributed by atoms with Crippen LogP contribution in [0.5, 0.6) is 0 Å². The second kappa shape index (κ2) is 6.91. The van der Waals surface area contributed by atoms with Crippen LogP contribution in [-0.2, 0) is 0 Å². The molecule has 7 heteroatoms. The van der Waals surface area contributed by atoms with Crippen LogP contribution in [0.4, 0.5) is 11.6 Å². The molecule has 2 heterocycles. The lowest BCUT2D eigenvalue weighted by molar-refractivity contribution is 0.102. The molecule has 2 N–H and O–H groups in total. The zero-order chi connectivity index (χ0) is 16.9. The predicted octanol–water partition coefficient (Wildman–Crippen LogP) is 3.20. The molecular formula is C17H17N5O2. The Morgan fingerprint density at radius 2 is 1.88 bits per heavy atom. The van der Waals surface area contributed by atoms with Crippen molar-refractivity contribution in [2.24, 2.45) is 0 Å². The molecular weight excluding hydrogens is 306 g/mol. The van der Waals surface area contributed by atoms with E-state index in [2.05, 4.69) is 26.0 Å². The highest BCUT2D eigenvalue weighted by Crippen LogP contribution is 2.17. The number of rotatable bonds is 5. The number of hydrogen-bond donors (Lipinski definition) is 2. The van der Waals surface area contributed by atoms with E-state index < -0.39 is 5.91 Å². The molecule has 0 saturated carbocycles. The number of carbonyl (C=O) groups excluding carboxylic acids is 1. The van der Waals surface area contributed by atoms with Crippen LogP contribution in [0.15, 0.2) is 53.1 Å². The summed E-state index contributed by atoms with van der Waals surface area (Å²) in [6.07, 6.45) is 0. The zero-order valence-corrected chi connectivity index (χ0v) is 13.4. The molecule has 0 aliphatic heterocycles. The van der Waals surface area contributed by atoms with E-state index in [1.54, 1.807) is 25.1 Å². The predicted molar refractivity (Wildman–Crippen MR) is 89.7 cm³/mol. The van der Waals surface area contributed by atoms with Crippen molar-refractivity contribution in [2.45, 2.75) is 19.9 Å². The SMILES string of the molecule is Cc1cc(NC(=O)c2ccc(NC(C)c3ccccc3)nn2)no1. The van der Waals surface area contributed by atoms with Crippen LogP contribution in [0.25, 0.3) is 0 Å². The Labute approximate surface area is 139 Å². The van der Waals surface area contributed by atoms with Crippen molar-refractivity contribution >= 4 is 17.5 Å². The first-order chi connectivity index (χ1) is 11.6. The molecule has 0 bridgehead atoms. The minimum Gasteiger partial charge on any atom is -0.362 e. The third-order valence-electron chi connectivity index (χ3n) is 3.43. The molecule has 0 radical (unpaired) electrons. The summed E-state index contributed by atoms with van der Waals surface area (Å²) in [4.78, 5) is 12.1. The summed E-state index contributed by atoms with van der Waals surface area (Å²) in [6, 6.07) is 15.0. The van der Waals surface area contributed by atoms with Crippen molar-refractivity contribution in [3.63, 3.8) is 0 Å². The van der Waals surface area contributed by atoms with Gasteiger partial charge in [-0.25, -0.2) is 0 Å². The first kappa shape index (κ1) is 15.7. The van der Waals surface area contributed by atoms with Gasteiger partial charge < -0.3 is 15.2 Å². The lowest BCUT2D eigenvalue weighted by Gasteiger charge is -2.14. The van der Waals surface area contributed by atoms with Gasteiger partial charge in [0.05, 0.1) is 0 Å². The Morgan fingerprint density at radius 1 is 1.08 bits per heavy atom. The quantitative estimate of drug-likeness (QED) is 0.749. The summed E-state index contributed by atoms with van der Waals surface area (Å²) < 4.78 is 4.90. The number of nitrogens with zero attached hydrogens (tertiary/aromatic N) is 3. The fraction of sp³-hybridized carbons (Fsp3) is 0.176. The van der Waals surface area contributed by atoms with E-state index in [0.29, 0.717) is 17.4 Å². The maximum absolute atomic E-state index is 12.1.